The van der Waals surface area contributed by atoms with Crippen LogP contribution in [0, 0.1) is 5.92 Å². The molecule has 1 aromatic heterocycles. The van der Waals surface area contributed by atoms with Crippen molar-refractivity contribution < 1.29 is 0 Å². The lowest BCUT2D eigenvalue weighted by Crippen LogP contribution is -2.28. The lowest BCUT2D eigenvalue weighted by atomic mass is 9.86. The Labute approximate surface area is 119 Å². The quantitative estimate of drug-likeness (QED) is 0.782. The number of thiophene rings is 1. The third-order valence-corrected chi connectivity index (χ3v) is 5.73. The van der Waals surface area contributed by atoms with Crippen molar-refractivity contribution in [2.24, 2.45) is 5.92 Å². The van der Waals surface area contributed by atoms with Gasteiger partial charge in [0.1, 0.15) is 0 Å². The molecule has 1 nitrogen and oxygen atoms in total. The molecule has 2 saturated carbocycles. The zero-order valence-corrected chi connectivity index (χ0v) is 12.4. The van der Waals surface area contributed by atoms with Gasteiger partial charge in [-0.2, -0.15) is 0 Å². The summed E-state index contributed by atoms with van der Waals surface area (Å²) in [7, 11) is 0. The Bertz CT molecular complexity index is 386. The van der Waals surface area contributed by atoms with Gasteiger partial charge in [0.05, 0.1) is 4.34 Å². The summed E-state index contributed by atoms with van der Waals surface area (Å²) in [6, 6.07) is 5.16. The summed E-state index contributed by atoms with van der Waals surface area (Å²) in [5.74, 6) is 1.57. The number of nitrogens with one attached hydrogen (secondary N) is 1. The molecule has 2 unspecified atom stereocenters. The molecule has 2 fully saturated rings. The molecule has 0 amide bonds. The standard InChI is InChI=1S/C15H22ClNS/c16-15-9-8-14(18-15)13-5-3-1-2-4-11(13)10-17-12-6-7-12/h8-9,11-13,17H,1-7,10H2. The SMILES string of the molecule is Clc1ccc(C2CCCCCC2CNC2CC2)s1. The van der Waals surface area contributed by atoms with Crippen LogP contribution in [0.5, 0.6) is 0 Å². The maximum absolute atomic E-state index is 6.11. The summed E-state index contributed by atoms with van der Waals surface area (Å²) in [5, 5.41) is 3.73. The van der Waals surface area contributed by atoms with Crippen LogP contribution in [0.2, 0.25) is 4.34 Å². The Morgan fingerprint density at radius 2 is 1.94 bits per heavy atom. The molecular weight excluding hydrogens is 262 g/mol. The van der Waals surface area contributed by atoms with E-state index in [1.165, 1.54) is 56.4 Å². The molecule has 0 aromatic carbocycles. The monoisotopic (exact) mass is 283 g/mol. The minimum atomic E-state index is 0.747. The first-order valence-corrected chi connectivity index (χ1v) is 8.51. The van der Waals surface area contributed by atoms with E-state index in [1.807, 2.05) is 0 Å². The maximum atomic E-state index is 6.11. The van der Waals surface area contributed by atoms with Gasteiger partial charge in [0, 0.05) is 10.9 Å². The molecule has 3 heteroatoms. The van der Waals surface area contributed by atoms with E-state index < -0.39 is 0 Å². The zero-order valence-electron chi connectivity index (χ0n) is 10.8. The number of rotatable bonds is 4. The molecule has 2 aliphatic carbocycles. The Kier molecular flexibility index (Phi) is 4.27. The fraction of sp³-hybridized carbons (Fsp3) is 0.733. The summed E-state index contributed by atoms with van der Waals surface area (Å²) in [6.45, 7) is 1.21. The smallest absolute Gasteiger partial charge is 0.0931 e. The van der Waals surface area contributed by atoms with Crippen molar-refractivity contribution in [3.8, 4) is 0 Å². The zero-order chi connectivity index (χ0) is 12.4. The fourth-order valence-electron chi connectivity index (χ4n) is 3.14. The first-order valence-electron chi connectivity index (χ1n) is 7.31. The lowest BCUT2D eigenvalue weighted by molar-refractivity contribution is 0.378. The average molecular weight is 284 g/mol. The second-order valence-electron chi connectivity index (χ2n) is 5.83. The van der Waals surface area contributed by atoms with Gasteiger partial charge < -0.3 is 5.32 Å². The van der Waals surface area contributed by atoms with Crippen LogP contribution in [0.3, 0.4) is 0 Å². The highest BCUT2D eigenvalue weighted by atomic mass is 35.5. The number of hydrogen-bond acceptors (Lipinski definition) is 2. The molecule has 1 heterocycles. The molecule has 2 aliphatic rings. The van der Waals surface area contributed by atoms with Gasteiger partial charge in [0.25, 0.3) is 0 Å². The molecule has 3 rings (SSSR count). The highest BCUT2D eigenvalue weighted by Crippen LogP contribution is 2.40. The average Bonchev–Trinajstić information content (AvgIpc) is 3.13. The molecule has 100 valence electrons. The third-order valence-electron chi connectivity index (χ3n) is 4.36. The molecule has 0 saturated heterocycles. The third kappa shape index (κ3) is 3.28. The van der Waals surface area contributed by atoms with E-state index in [-0.39, 0.29) is 0 Å². The molecule has 1 N–H and O–H groups in total. The van der Waals surface area contributed by atoms with E-state index in [2.05, 4.69) is 17.4 Å². The van der Waals surface area contributed by atoms with Gasteiger partial charge >= 0.3 is 0 Å². The normalized spacial score (nSPS) is 29.2. The van der Waals surface area contributed by atoms with Gasteiger partial charge in [-0.15, -0.1) is 11.3 Å². The van der Waals surface area contributed by atoms with Crippen LogP contribution in [0.4, 0.5) is 0 Å². The molecule has 0 spiro atoms. The topological polar surface area (TPSA) is 12.0 Å². The van der Waals surface area contributed by atoms with E-state index in [9.17, 15) is 0 Å². The molecule has 0 bridgehead atoms. The summed E-state index contributed by atoms with van der Waals surface area (Å²) >= 11 is 7.90. The van der Waals surface area contributed by atoms with E-state index >= 15 is 0 Å². The van der Waals surface area contributed by atoms with Crippen molar-refractivity contribution >= 4 is 22.9 Å². The molecule has 18 heavy (non-hydrogen) atoms. The van der Waals surface area contributed by atoms with Crippen molar-refractivity contribution in [1.29, 1.82) is 0 Å². The van der Waals surface area contributed by atoms with Gasteiger partial charge in [-0.25, -0.2) is 0 Å². The summed E-state index contributed by atoms with van der Waals surface area (Å²) in [5.41, 5.74) is 0. The van der Waals surface area contributed by atoms with Crippen molar-refractivity contribution in [2.45, 2.75) is 56.9 Å². The van der Waals surface area contributed by atoms with Gasteiger partial charge in [-0.05, 0) is 56.2 Å². The van der Waals surface area contributed by atoms with Crippen molar-refractivity contribution in [2.75, 3.05) is 6.54 Å². The minimum absolute atomic E-state index is 0.747. The van der Waals surface area contributed by atoms with Crippen LogP contribution in [-0.2, 0) is 0 Å². The highest BCUT2D eigenvalue weighted by Gasteiger charge is 2.28. The molecule has 2 atom stereocenters. The largest absolute Gasteiger partial charge is 0.314 e. The maximum Gasteiger partial charge on any atom is 0.0931 e. The number of halogens is 1. The highest BCUT2D eigenvalue weighted by molar-refractivity contribution is 7.16. The molecule has 1 aromatic rings. The predicted octanol–water partition coefficient (Wildman–Crippen LogP) is 4.82. The minimum Gasteiger partial charge on any atom is -0.314 e. The van der Waals surface area contributed by atoms with Crippen LogP contribution in [0.1, 0.15) is 55.7 Å². The second kappa shape index (κ2) is 5.94. The summed E-state index contributed by atoms with van der Waals surface area (Å²) < 4.78 is 0.947. The summed E-state index contributed by atoms with van der Waals surface area (Å²) in [4.78, 5) is 1.52. The Morgan fingerprint density at radius 3 is 2.67 bits per heavy atom. The molecule has 0 aliphatic heterocycles. The lowest BCUT2D eigenvalue weighted by Gasteiger charge is -2.24. The molecular formula is C15H22ClNS. The van der Waals surface area contributed by atoms with E-state index in [0.29, 0.717) is 0 Å². The van der Waals surface area contributed by atoms with Crippen LogP contribution in [-0.4, -0.2) is 12.6 Å². The van der Waals surface area contributed by atoms with Crippen LogP contribution in [0.25, 0.3) is 0 Å². The van der Waals surface area contributed by atoms with E-state index in [1.54, 1.807) is 11.3 Å². The predicted molar refractivity (Wildman–Crippen MR) is 79.7 cm³/mol. The van der Waals surface area contributed by atoms with Crippen LogP contribution >= 0.6 is 22.9 Å². The van der Waals surface area contributed by atoms with Crippen LogP contribution < -0.4 is 5.32 Å². The molecule has 0 radical (unpaired) electrons. The second-order valence-corrected chi connectivity index (χ2v) is 7.58. The van der Waals surface area contributed by atoms with E-state index in [4.69, 9.17) is 11.6 Å². The van der Waals surface area contributed by atoms with E-state index in [0.717, 1.165) is 22.2 Å². The first kappa shape index (κ1) is 13.0. The van der Waals surface area contributed by atoms with Crippen molar-refractivity contribution in [1.82, 2.24) is 5.32 Å². The van der Waals surface area contributed by atoms with Gasteiger partial charge in [-0.3, -0.25) is 0 Å². The van der Waals surface area contributed by atoms with Crippen molar-refractivity contribution in [3.05, 3.63) is 21.3 Å². The summed E-state index contributed by atoms with van der Waals surface area (Å²) in [6.07, 6.45) is 9.74. The Balaban J connectivity index is 1.68. The van der Waals surface area contributed by atoms with Crippen LogP contribution in [0.15, 0.2) is 12.1 Å². The number of hydrogen-bond donors (Lipinski definition) is 1. The van der Waals surface area contributed by atoms with Gasteiger partial charge in [-0.1, -0.05) is 30.9 Å². The first-order chi connectivity index (χ1) is 8.83. The van der Waals surface area contributed by atoms with Crippen molar-refractivity contribution in [3.63, 3.8) is 0 Å². The van der Waals surface area contributed by atoms with Gasteiger partial charge in [0.15, 0.2) is 0 Å². The van der Waals surface area contributed by atoms with Gasteiger partial charge in [0.2, 0.25) is 0 Å². The Hall–Kier alpha value is -0.0500. The Morgan fingerprint density at radius 1 is 1.11 bits per heavy atom. The fourth-order valence-corrected chi connectivity index (χ4v) is 4.43.